The summed E-state index contributed by atoms with van der Waals surface area (Å²) in [6.45, 7) is 8.68. The number of nitrogen functional groups attached to an aromatic ring is 2. The molecule has 1 aromatic carbocycles. The quantitative estimate of drug-likeness (QED) is 0.173. The summed E-state index contributed by atoms with van der Waals surface area (Å²) >= 11 is 0. The van der Waals surface area contributed by atoms with Crippen LogP contribution < -0.4 is 15.9 Å². The number of imidazole rings is 1. The van der Waals surface area contributed by atoms with E-state index in [1.54, 1.807) is 13.8 Å². The summed E-state index contributed by atoms with van der Waals surface area (Å²) < 4.78 is 35.3. The Kier molecular flexibility index (Phi) is 7.82. The molecule has 1 aliphatic carbocycles. The van der Waals surface area contributed by atoms with E-state index in [0.717, 1.165) is 35.3 Å². The lowest BCUT2D eigenvalue weighted by molar-refractivity contribution is -0.385. The fraction of sp³-hybridized carbons (Fsp3) is 0.565. The molecule has 12 nitrogen and oxygen atoms in total. The van der Waals surface area contributed by atoms with E-state index >= 15 is 0 Å². The maximum absolute atomic E-state index is 13.8. The predicted octanol–water partition coefficient (Wildman–Crippen LogP) is 2.90. The number of aromatic nitrogens is 2. The highest BCUT2D eigenvalue weighted by Gasteiger charge is 2.37. The van der Waals surface area contributed by atoms with Crippen LogP contribution in [0.2, 0.25) is 0 Å². The van der Waals surface area contributed by atoms with Crippen LogP contribution in [0.25, 0.3) is 0 Å². The Morgan fingerprint density at radius 1 is 1.33 bits per heavy atom. The first-order chi connectivity index (χ1) is 16.7. The zero-order chi connectivity index (χ0) is 26.9. The number of hydrogen-bond acceptors (Lipinski definition) is 9. The van der Waals surface area contributed by atoms with E-state index in [0.29, 0.717) is 18.2 Å². The monoisotopic (exact) mass is 522 g/mol. The Bertz CT molecular complexity index is 1260. The fourth-order valence-corrected chi connectivity index (χ4v) is 6.25. The number of non-ortho nitro benzene ring substituents is 1. The molecule has 0 saturated heterocycles. The van der Waals surface area contributed by atoms with Crippen molar-refractivity contribution in [3.63, 3.8) is 0 Å². The second-order valence-electron chi connectivity index (χ2n) is 9.78. The van der Waals surface area contributed by atoms with E-state index in [9.17, 15) is 23.3 Å². The number of nitro benzene ring substituents is 1. The first kappa shape index (κ1) is 27.2. The minimum Gasteiger partial charge on any atom is -0.461 e. The van der Waals surface area contributed by atoms with Gasteiger partial charge in [0.05, 0.1) is 16.3 Å². The normalized spacial score (nSPS) is 20.3. The standard InChI is InChI=1S/C23H34N6O6S/c1-13(2)18-8-6-14(3)10-20(18)35-22(30)12-27(23-15(4)28(25)16(5)26-23)36(33,34)21-11-17(29(31)32)7-9-19(21)24/h7,9,11,13-14,18,20H,6,8,10,12,24-25H2,1-5H3/t14-,18+,20-/m1/s1. The molecule has 4 N–H and O–H groups in total. The number of aryl methyl sites for hydroxylation is 1. The van der Waals surface area contributed by atoms with Gasteiger partial charge in [-0.15, -0.1) is 0 Å². The molecule has 0 aliphatic heterocycles. The molecule has 1 fully saturated rings. The molecule has 1 heterocycles. The molecular formula is C23H34N6O6S. The molecule has 36 heavy (non-hydrogen) atoms. The largest absolute Gasteiger partial charge is 0.461 e. The lowest BCUT2D eigenvalue weighted by atomic mass is 9.75. The third-order valence-electron chi connectivity index (χ3n) is 6.83. The van der Waals surface area contributed by atoms with Crippen molar-refractivity contribution in [2.45, 2.75) is 64.9 Å². The molecule has 3 rings (SSSR count). The van der Waals surface area contributed by atoms with Crippen molar-refractivity contribution >= 4 is 33.2 Å². The third-order valence-corrected chi connectivity index (χ3v) is 8.62. The summed E-state index contributed by atoms with van der Waals surface area (Å²) in [4.78, 5) is 27.5. The van der Waals surface area contributed by atoms with Crippen molar-refractivity contribution in [1.29, 1.82) is 0 Å². The van der Waals surface area contributed by atoms with Gasteiger partial charge in [0.1, 0.15) is 23.4 Å². The number of rotatable bonds is 8. The number of nitrogens with two attached hydrogens (primary N) is 2. The van der Waals surface area contributed by atoms with Crippen molar-refractivity contribution in [3.05, 3.63) is 39.8 Å². The lowest BCUT2D eigenvalue weighted by Crippen LogP contribution is -2.41. The first-order valence-corrected chi connectivity index (χ1v) is 13.2. The van der Waals surface area contributed by atoms with Gasteiger partial charge in [0.15, 0.2) is 5.82 Å². The first-order valence-electron chi connectivity index (χ1n) is 11.8. The van der Waals surface area contributed by atoms with Crippen LogP contribution in [0.3, 0.4) is 0 Å². The van der Waals surface area contributed by atoms with Crippen LogP contribution in [0.5, 0.6) is 0 Å². The van der Waals surface area contributed by atoms with Gasteiger partial charge in [0, 0.05) is 12.1 Å². The summed E-state index contributed by atoms with van der Waals surface area (Å²) in [5, 5.41) is 11.3. The van der Waals surface area contributed by atoms with Gasteiger partial charge in [0.2, 0.25) is 0 Å². The molecular weight excluding hydrogens is 488 g/mol. The van der Waals surface area contributed by atoms with Gasteiger partial charge < -0.3 is 16.3 Å². The number of nitro groups is 1. The van der Waals surface area contributed by atoms with E-state index in [2.05, 4.69) is 25.8 Å². The van der Waals surface area contributed by atoms with Crippen LogP contribution >= 0.6 is 0 Å². The molecule has 1 saturated carbocycles. The topological polar surface area (TPSA) is 177 Å². The maximum atomic E-state index is 13.8. The number of hydrogen-bond donors (Lipinski definition) is 2. The second-order valence-corrected chi connectivity index (χ2v) is 11.6. The highest BCUT2D eigenvalue weighted by Crippen LogP contribution is 2.36. The van der Waals surface area contributed by atoms with Gasteiger partial charge in [-0.1, -0.05) is 27.2 Å². The number of ether oxygens (including phenoxy) is 1. The van der Waals surface area contributed by atoms with Gasteiger partial charge in [-0.2, -0.15) is 0 Å². The molecule has 1 aliphatic rings. The molecule has 3 atom stereocenters. The van der Waals surface area contributed by atoms with Crippen molar-refractivity contribution in [2.75, 3.05) is 22.4 Å². The fourth-order valence-electron chi connectivity index (χ4n) is 4.70. The number of carbonyl (C=O) groups excluding carboxylic acids is 1. The van der Waals surface area contributed by atoms with Crippen LogP contribution in [0, 0.1) is 41.7 Å². The Labute approximate surface area is 210 Å². The Morgan fingerprint density at radius 3 is 2.56 bits per heavy atom. The van der Waals surface area contributed by atoms with Crippen molar-refractivity contribution < 1.29 is 22.9 Å². The van der Waals surface area contributed by atoms with Crippen LogP contribution in [-0.4, -0.2) is 41.6 Å². The minimum atomic E-state index is -4.57. The highest BCUT2D eigenvalue weighted by molar-refractivity contribution is 7.93. The molecule has 0 spiro atoms. The lowest BCUT2D eigenvalue weighted by Gasteiger charge is -2.37. The van der Waals surface area contributed by atoms with Crippen LogP contribution in [0.4, 0.5) is 17.2 Å². The molecule has 0 radical (unpaired) electrons. The molecule has 0 bridgehead atoms. The molecule has 13 heteroatoms. The average molecular weight is 523 g/mol. The molecule has 0 amide bonds. The zero-order valence-electron chi connectivity index (χ0n) is 21.2. The van der Waals surface area contributed by atoms with E-state index < -0.39 is 38.0 Å². The number of esters is 1. The molecule has 2 aromatic rings. The van der Waals surface area contributed by atoms with Gasteiger partial charge in [-0.25, -0.2) is 22.4 Å². The van der Waals surface area contributed by atoms with Gasteiger partial charge in [-0.05, 0) is 50.5 Å². The number of nitrogens with zero attached hydrogens (tertiary/aromatic N) is 4. The van der Waals surface area contributed by atoms with Gasteiger partial charge in [-0.3, -0.25) is 14.9 Å². The Morgan fingerprint density at radius 2 is 2.00 bits per heavy atom. The highest BCUT2D eigenvalue weighted by atomic mass is 32.2. The Balaban J connectivity index is 2.02. The molecule has 1 aromatic heterocycles. The minimum absolute atomic E-state index is 0.0877. The maximum Gasteiger partial charge on any atom is 0.327 e. The van der Waals surface area contributed by atoms with E-state index in [-0.39, 0.29) is 35.1 Å². The number of anilines is 2. The molecule has 0 unspecified atom stereocenters. The Hall–Kier alpha value is -3.35. The smallest absolute Gasteiger partial charge is 0.327 e. The summed E-state index contributed by atoms with van der Waals surface area (Å²) in [5.74, 6) is 6.26. The third kappa shape index (κ3) is 5.40. The summed E-state index contributed by atoms with van der Waals surface area (Å²) in [6, 6.07) is 3.10. The van der Waals surface area contributed by atoms with Crippen LogP contribution in [-0.2, 0) is 19.6 Å². The zero-order valence-corrected chi connectivity index (χ0v) is 22.0. The van der Waals surface area contributed by atoms with Gasteiger partial charge >= 0.3 is 5.97 Å². The van der Waals surface area contributed by atoms with Crippen LogP contribution in [0.15, 0.2) is 23.1 Å². The van der Waals surface area contributed by atoms with Gasteiger partial charge in [0.25, 0.3) is 15.7 Å². The van der Waals surface area contributed by atoms with Crippen molar-refractivity contribution in [1.82, 2.24) is 9.66 Å². The predicted molar refractivity (Wildman–Crippen MR) is 135 cm³/mol. The number of carbonyl (C=O) groups is 1. The van der Waals surface area contributed by atoms with Crippen molar-refractivity contribution in [3.8, 4) is 0 Å². The summed E-state index contributed by atoms with van der Waals surface area (Å²) in [6.07, 6.45) is 2.30. The van der Waals surface area contributed by atoms with Crippen molar-refractivity contribution in [2.24, 2.45) is 17.8 Å². The van der Waals surface area contributed by atoms with E-state index in [1.807, 2.05) is 0 Å². The van der Waals surface area contributed by atoms with E-state index in [4.69, 9.17) is 16.3 Å². The van der Waals surface area contributed by atoms with Crippen LogP contribution in [0.1, 0.15) is 51.6 Å². The summed E-state index contributed by atoms with van der Waals surface area (Å²) in [5.41, 5.74) is 5.53. The summed E-state index contributed by atoms with van der Waals surface area (Å²) in [7, 11) is -4.57. The number of benzene rings is 1. The second kappa shape index (κ2) is 10.3. The number of sulfonamides is 1. The van der Waals surface area contributed by atoms with E-state index in [1.165, 1.54) is 4.68 Å². The SMILES string of the molecule is Cc1nc(N(CC(=O)O[C@@H]2C[C@H](C)CC[C@H]2C(C)C)S(=O)(=O)c2cc([N+](=O)[O-])ccc2N)c(C)n1N. The average Bonchev–Trinajstić information content (AvgIpc) is 3.04. The molecule has 198 valence electrons.